The number of aromatic nitrogens is 2. The zero-order valence-corrected chi connectivity index (χ0v) is 12.2. The Bertz CT molecular complexity index is 485. The van der Waals surface area contributed by atoms with Crippen LogP contribution in [0, 0.1) is 6.92 Å². The molecular formula is C13H18N2O3S. The number of ether oxygens (including phenoxy) is 1. The van der Waals surface area contributed by atoms with Crippen molar-refractivity contribution in [2.24, 2.45) is 0 Å². The minimum atomic E-state index is -0.964. The van der Waals surface area contributed by atoms with Crippen LogP contribution in [-0.2, 0) is 4.74 Å². The number of thioether (sulfide) groups is 1. The second-order valence-corrected chi connectivity index (χ2v) is 6.20. The van der Waals surface area contributed by atoms with Gasteiger partial charge in [0, 0.05) is 17.8 Å². The van der Waals surface area contributed by atoms with Crippen molar-refractivity contribution in [1.82, 2.24) is 9.97 Å². The third kappa shape index (κ3) is 3.25. The van der Waals surface area contributed by atoms with Gasteiger partial charge in [-0.1, -0.05) is 25.6 Å². The molecule has 0 radical (unpaired) electrons. The van der Waals surface area contributed by atoms with E-state index in [1.165, 1.54) is 11.8 Å². The second kappa shape index (κ2) is 5.88. The van der Waals surface area contributed by atoms with E-state index in [1.54, 1.807) is 6.92 Å². The smallest absolute Gasteiger partial charge is 0.340 e. The highest BCUT2D eigenvalue weighted by molar-refractivity contribution is 8.00. The zero-order chi connectivity index (χ0) is 14.0. The molecule has 0 bridgehead atoms. The Morgan fingerprint density at radius 3 is 2.74 bits per heavy atom. The van der Waals surface area contributed by atoms with Crippen molar-refractivity contribution in [2.45, 2.75) is 43.4 Å². The molecule has 1 saturated heterocycles. The average molecular weight is 282 g/mol. The summed E-state index contributed by atoms with van der Waals surface area (Å²) >= 11 is 1.49. The molecule has 1 fully saturated rings. The highest BCUT2D eigenvalue weighted by Crippen LogP contribution is 2.31. The van der Waals surface area contributed by atoms with E-state index in [0.29, 0.717) is 23.2 Å². The molecule has 1 aliphatic heterocycles. The first kappa shape index (κ1) is 14.3. The van der Waals surface area contributed by atoms with Crippen molar-refractivity contribution >= 4 is 17.7 Å². The summed E-state index contributed by atoms with van der Waals surface area (Å²) in [5.41, 5.74) is 0.758. The van der Waals surface area contributed by atoms with Gasteiger partial charge in [-0.2, -0.15) is 0 Å². The van der Waals surface area contributed by atoms with Crippen LogP contribution in [0.1, 0.15) is 48.1 Å². The summed E-state index contributed by atoms with van der Waals surface area (Å²) in [5.74, 6) is -0.0844. The van der Waals surface area contributed by atoms with E-state index in [9.17, 15) is 9.90 Å². The number of carbonyl (C=O) groups is 1. The van der Waals surface area contributed by atoms with E-state index in [2.05, 4.69) is 9.97 Å². The number of rotatable bonds is 4. The van der Waals surface area contributed by atoms with Crippen molar-refractivity contribution in [3.8, 4) is 0 Å². The molecule has 0 saturated carbocycles. The second-order valence-electron chi connectivity index (χ2n) is 4.91. The van der Waals surface area contributed by atoms with Crippen LogP contribution >= 0.6 is 11.8 Å². The number of nitrogens with zero attached hydrogens (tertiary/aromatic N) is 2. The first-order valence-electron chi connectivity index (χ1n) is 6.35. The van der Waals surface area contributed by atoms with E-state index in [-0.39, 0.29) is 16.7 Å². The lowest BCUT2D eigenvalue weighted by molar-refractivity contribution is 0.0690. The molecule has 0 amide bonds. The fraction of sp³-hybridized carbons (Fsp3) is 0.615. The van der Waals surface area contributed by atoms with Gasteiger partial charge in [-0.3, -0.25) is 0 Å². The minimum absolute atomic E-state index is 0.181. The van der Waals surface area contributed by atoms with Crippen LogP contribution in [0.5, 0.6) is 0 Å². The third-order valence-electron chi connectivity index (χ3n) is 2.97. The lowest BCUT2D eigenvalue weighted by Crippen LogP contribution is -2.12. The summed E-state index contributed by atoms with van der Waals surface area (Å²) in [6.45, 7) is 7.13. The Kier molecular flexibility index (Phi) is 4.42. The van der Waals surface area contributed by atoms with Gasteiger partial charge >= 0.3 is 5.97 Å². The monoisotopic (exact) mass is 282 g/mol. The number of aromatic carboxylic acids is 1. The van der Waals surface area contributed by atoms with Gasteiger partial charge in [0.15, 0.2) is 0 Å². The molecule has 5 nitrogen and oxygen atoms in total. The number of aryl methyl sites for hydroxylation is 1. The first-order valence-corrected chi connectivity index (χ1v) is 7.23. The minimum Gasteiger partial charge on any atom is -0.478 e. The van der Waals surface area contributed by atoms with Crippen LogP contribution < -0.4 is 0 Å². The Balaban J connectivity index is 2.38. The molecule has 0 aromatic carbocycles. The van der Waals surface area contributed by atoms with Crippen LogP contribution in [-0.4, -0.2) is 39.5 Å². The summed E-state index contributed by atoms with van der Waals surface area (Å²) in [6.07, 6.45) is 0.934. The molecule has 6 heteroatoms. The van der Waals surface area contributed by atoms with Gasteiger partial charge in [-0.25, -0.2) is 14.8 Å². The fourth-order valence-corrected chi connectivity index (χ4v) is 3.11. The largest absolute Gasteiger partial charge is 0.478 e. The molecule has 1 aromatic heterocycles. The van der Waals surface area contributed by atoms with Gasteiger partial charge in [0.05, 0.1) is 12.3 Å². The summed E-state index contributed by atoms with van der Waals surface area (Å²) < 4.78 is 5.33. The number of hydrogen-bond acceptors (Lipinski definition) is 5. The topological polar surface area (TPSA) is 72.3 Å². The molecule has 0 aliphatic carbocycles. The molecule has 104 valence electrons. The van der Waals surface area contributed by atoms with Crippen LogP contribution in [0.3, 0.4) is 0 Å². The molecule has 2 rings (SSSR count). The van der Waals surface area contributed by atoms with Crippen molar-refractivity contribution in [2.75, 3.05) is 13.2 Å². The molecule has 1 aromatic rings. The molecular weight excluding hydrogens is 264 g/mol. The van der Waals surface area contributed by atoms with Crippen molar-refractivity contribution in [3.63, 3.8) is 0 Å². The van der Waals surface area contributed by atoms with E-state index in [1.807, 2.05) is 13.8 Å². The van der Waals surface area contributed by atoms with E-state index in [4.69, 9.17) is 4.74 Å². The number of carboxylic acids is 1. The van der Waals surface area contributed by atoms with Gasteiger partial charge in [-0.05, 0) is 13.3 Å². The van der Waals surface area contributed by atoms with E-state index < -0.39 is 5.97 Å². The van der Waals surface area contributed by atoms with Crippen molar-refractivity contribution in [1.29, 1.82) is 0 Å². The third-order valence-corrected chi connectivity index (χ3v) is 4.19. The van der Waals surface area contributed by atoms with Crippen LogP contribution in [0.4, 0.5) is 0 Å². The quantitative estimate of drug-likeness (QED) is 0.855. The SMILES string of the molecule is Cc1nc(C(C)C)nc(SC2CCOC2)c1C(=O)O. The molecule has 2 heterocycles. The molecule has 1 atom stereocenters. The molecule has 19 heavy (non-hydrogen) atoms. The molecule has 1 aliphatic rings. The molecule has 0 spiro atoms. The first-order chi connectivity index (χ1) is 8.99. The summed E-state index contributed by atoms with van der Waals surface area (Å²) in [5, 5.41) is 10.2. The highest BCUT2D eigenvalue weighted by atomic mass is 32.2. The molecule has 1 unspecified atom stereocenters. The van der Waals surface area contributed by atoms with Gasteiger partial charge < -0.3 is 9.84 Å². The normalized spacial score (nSPS) is 19.1. The summed E-state index contributed by atoms with van der Waals surface area (Å²) in [4.78, 5) is 20.1. The predicted octanol–water partition coefficient (Wildman–Crippen LogP) is 2.49. The number of carboxylic acid groups (broad SMARTS) is 1. The highest BCUT2D eigenvalue weighted by Gasteiger charge is 2.24. The maximum absolute atomic E-state index is 11.4. The van der Waals surface area contributed by atoms with Crippen LogP contribution in [0.2, 0.25) is 0 Å². The maximum atomic E-state index is 11.4. The zero-order valence-electron chi connectivity index (χ0n) is 11.3. The lowest BCUT2D eigenvalue weighted by atomic mass is 10.2. The van der Waals surface area contributed by atoms with E-state index in [0.717, 1.165) is 13.0 Å². The maximum Gasteiger partial charge on any atom is 0.340 e. The van der Waals surface area contributed by atoms with Gasteiger partial charge in [0.25, 0.3) is 0 Å². The van der Waals surface area contributed by atoms with Gasteiger partial charge in [0.2, 0.25) is 0 Å². The number of hydrogen-bond donors (Lipinski definition) is 1. The standard InChI is InChI=1S/C13H18N2O3S/c1-7(2)11-14-8(3)10(13(16)17)12(15-11)19-9-4-5-18-6-9/h7,9H,4-6H2,1-3H3,(H,16,17). The average Bonchev–Trinajstić information content (AvgIpc) is 2.80. The summed E-state index contributed by atoms with van der Waals surface area (Å²) in [7, 11) is 0. The van der Waals surface area contributed by atoms with E-state index >= 15 is 0 Å². The van der Waals surface area contributed by atoms with Crippen LogP contribution in [0.15, 0.2) is 5.03 Å². The Morgan fingerprint density at radius 1 is 1.47 bits per heavy atom. The van der Waals surface area contributed by atoms with Crippen molar-refractivity contribution < 1.29 is 14.6 Å². The Labute approximate surface area is 116 Å². The fourth-order valence-electron chi connectivity index (χ4n) is 1.92. The van der Waals surface area contributed by atoms with Gasteiger partial charge in [0.1, 0.15) is 16.4 Å². The van der Waals surface area contributed by atoms with Crippen molar-refractivity contribution in [3.05, 3.63) is 17.1 Å². The van der Waals surface area contributed by atoms with Gasteiger partial charge in [-0.15, -0.1) is 0 Å². The predicted molar refractivity (Wildman–Crippen MR) is 72.9 cm³/mol. The Morgan fingerprint density at radius 2 is 2.21 bits per heavy atom. The van der Waals surface area contributed by atoms with Crippen LogP contribution in [0.25, 0.3) is 0 Å². The summed E-state index contributed by atoms with van der Waals surface area (Å²) in [6, 6.07) is 0. The molecule has 1 N–H and O–H groups in total. The lowest BCUT2D eigenvalue weighted by Gasteiger charge is -2.14. The Hall–Kier alpha value is -1.14.